The molecule has 94 valence electrons. The van der Waals surface area contributed by atoms with E-state index in [4.69, 9.17) is 0 Å². The molecule has 0 spiro atoms. The zero-order chi connectivity index (χ0) is 12.9. The number of aromatic amines is 2. The molecule has 2 heterocycles. The predicted molar refractivity (Wildman–Crippen MR) is 78.3 cm³/mol. The molecule has 2 aromatic heterocycles. The molecule has 0 amide bonds. The maximum atomic E-state index is 3.56. The van der Waals surface area contributed by atoms with Gasteiger partial charge in [-0.15, -0.1) is 0 Å². The summed E-state index contributed by atoms with van der Waals surface area (Å²) in [5, 5.41) is 2.59. The molecule has 0 aliphatic heterocycles. The van der Waals surface area contributed by atoms with Crippen molar-refractivity contribution in [2.75, 3.05) is 0 Å². The van der Waals surface area contributed by atoms with Crippen molar-refractivity contribution < 1.29 is 0 Å². The van der Waals surface area contributed by atoms with Crippen LogP contribution in [-0.4, -0.2) is 9.97 Å². The molecule has 3 aromatic rings. The van der Waals surface area contributed by atoms with Gasteiger partial charge in [0.15, 0.2) is 0 Å². The Kier molecular flexibility index (Phi) is 2.47. The highest BCUT2D eigenvalue weighted by Crippen LogP contribution is 2.29. The van der Waals surface area contributed by atoms with Gasteiger partial charge in [0.25, 0.3) is 0 Å². The van der Waals surface area contributed by atoms with Gasteiger partial charge in [-0.05, 0) is 24.0 Å². The van der Waals surface area contributed by atoms with E-state index >= 15 is 0 Å². The van der Waals surface area contributed by atoms with Crippen molar-refractivity contribution in [3.63, 3.8) is 0 Å². The van der Waals surface area contributed by atoms with Gasteiger partial charge in [0.05, 0.1) is 11.0 Å². The van der Waals surface area contributed by atoms with Crippen LogP contribution in [0, 0.1) is 0 Å². The summed E-state index contributed by atoms with van der Waals surface area (Å²) in [6.45, 7) is 8.87. The van der Waals surface area contributed by atoms with E-state index in [1.807, 2.05) is 0 Å². The number of hydrogen-bond acceptors (Lipinski definition) is 0. The van der Waals surface area contributed by atoms with Crippen molar-refractivity contribution in [2.45, 2.75) is 39.5 Å². The van der Waals surface area contributed by atoms with Crippen LogP contribution in [-0.2, 0) is 0 Å². The lowest BCUT2D eigenvalue weighted by atomic mass is 10.1. The van der Waals surface area contributed by atoms with Crippen LogP contribution in [0.5, 0.6) is 0 Å². The molecular weight excluding hydrogens is 220 g/mol. The number of nitrogens with one attached hydrogen (secondary N) is 2. The largest absolute Gasteiger partial charge is 0.356 e. The first-order valence-corrected chi connectivity index (χ1v) is 6.70. The van der Waals surface area contributed by atoms with Crippen molar-refractivity contribution in [2.24, 2.45) is 0 Å². The van der Waals surface area contributed by atoms with Crippen LogP contribution in [0.1, 0.15) is 50.9 Å². The topological polar surface area (TPSA) is 31.6 Å². The molecule has 0 aliphatic rings. The van der Waals surface area contributed by atoms with Gasteiger partial charge in [0, 0.05) is 22.2 Å². The van der Waals surface area contributed by atoms with Crippen LogP contribution >= 0.6 is 0 Å². The number of hydrogen-bond donors (Lipinski definition) is 2. The van der Waals surface area contributed by atoms with Crippen molar-refractivity contribution in [3.8, 4) is 0 Å². The summed E-state index contributed by atoms with van der Waals surface area (Å²) in [7, 11) is 0. The molecule has 3 rings (SSSR count). The highest BCUT2D eigenvalue weighted by Gasteiger charge is 2.10. The standard InChI is InChI=1S/C16H20N2/c1-9(2)13-7-11-5-6-12-8-14(10(3)4)18-16(12)15(11)17-13/h5-10,17-18H,1-4H3. The zero-order valence-corrected chi connectivity index (χ0v) is 11.5. The van der Waals surface area contributed by atoms with Crippen LogP contribution in [0.2, 0.25) is 0 Å². The molecule has 0 unspecified atom stereocenters. The Morgan fingerprint density at radius 3 is 1.44 bits per heavy atom. The molecule has 18 heavy (non-hydrogen) atoms. The van der Waals surface area contributed by atoms with Crippen molar-refractivity contribution >= 4 is 21.8 Å². The number of aromatic nitrogens is 2. The van der Waals surface area contributed by atoms with Crippen LogP contribution in [0.25, 0.3) is 21.8 Å². The number of fused-ring (bicyclic) bond motifs is 3. The second kappa shape index (κ2) is 3.91. The molecule has 0 saturated heterocycles. The second-order valence-electron chi connectivity index (χ2n) is 5.75. The Morgan fingerprint density at radius 2 is 1.11 bits per heavy atom. The van der Waals surface area contributed by atoms with E-state index < -0.39 is 0 Å². The fourth-order valence-electron chi connectivity index (χ4n) is 2.46. The van der Waals surface area contributed by atoms with Gasteiger partial charge in [-0.25, -0.2) is 0 Å². The molecule has 0 bridgehead atoms. The van der Waals surface area contributed by atoms with E-state index in [2.05, 4.69) is 61.9 Å². The lowest BCUT2D eigenvalue weighted by Crippen LogP contribution is -1.86. The smallest absolute Gasteiger partial charge is 0.0701 e. The molecule has 0 aliphatic carbocycles. The monoisotopic (exact) mass is 240 g/mol. The minimum atomic E-state index is 0.534. The van der Waals surface area contributed by atoms with E-state index in [-0.39, 0.29) is 0 Å². The second-order valence-corrected chi connectivity index (χ2v) is 5.75. The molecule has 0 saturated carbocycles. The fraction of sp³-hybridized carbons (Fsp3) is 0.375. The maximum Gasteiger partial charge on any atom is 0.0701 e. The van der Waals surface area contributed by atoms with Crippen molar-refractivity contribution in [1.82, 2.24) is 9.97 Å². The molecule has 2 heteroatoms. The molecule has 0 atom stereocenters. The zero-order valence-electron chi connectivity index (χ0n) is 11.5. The third-order valence-electron chi connectivity index (χ3n) is 3.67. The summed E-state index contributed by atoms with van der Waals surface area (Å²) < 4.78 is 0. The van der Waals surface area contributed by atoms with Gasteiger partial charge >= 0.3 is 0 Å². The summed E-state index contributed by atoms with van der Waals surface area (Å²) in [4.78, 5) is 7.12. The Balaban J connectivity index is 2.30. The Bertz CT molecular complexity index is 637. The summed E-state index contributed by atoms with van der Waals surface area (Å²) in [6.07, 6.45) is 0. The van der Waals surface area contributed by atoms with E-state index in [0.717, 1.165) is 0 Å². The normalized spacial score (nSPS) is 12.3. The molecule has 1 aromatic carbocycles. The van der Waals surface area contributed by atoms with E-state index in [0.29, 0.717) is 11.8 Å². The first-order chi connectivity index (χ1) is 8.56. The maximum absolute atomic E-state index is 3.56. The van der Waals surface area contributed by atoms with Gasteiger partial charge in [-0.3, -0.25) is 0 Å². The quantitative estimate of drug-likeness (QED) is 0.638. The van der Waals surface area contributed by atoms with E-state index in [1.165, 1.54) is 33.2 Å². The first kappa shape index (κ1) is 11.4. The predicted octanol–water partition coefficient (Wildman–Crippen LogP) is 4.90. The molecule has 2 nitrogen and oxygen atoms in total. The van der Waals surface area contributed by atoms with Gasteiger partial charge in [0.1, 0.15) is 0 Å². The molecule has 0 radical (unpaired) electrons. The number of H-pyrrole nitrogens is 2. The average molecular weight is 240 g/mol. The minimum absolute atomic E-state index is 0.534. The average Bonchev–Trinajstić information content (AvgIpc) is 2.91. The first-order valence-electron chi connectivity index (χ1n) is 6.70. The highest BCUT2D eigenvalue weighted by atomic mass is 14.8. The Labute approximate surface area is 107 Å². The van der Waals surface area contributed by atoms with Gasteiger partial charge in [-0.1, -0.05) is 39.8 Å². The summed E-state index contributed by atoms with van der Waals surface area (Å²) in [6, 6.07) is 8.93. The number of benzene rings is 1. The third-order valence-corrected chi connectivity index (χ3v) is 3.67. The van der Waals surface area contributed by atoms with Crippen LogP contribution in [0.15, 0.2) is 24.3 Å². The van der Waals surface area contributed by atoms with Crippen molar-refractivity contribution in [3.05, 3.63) is 35.7 Å². The fourth-order valence-corrected chi connectivity index (χ4v) is 2.46. The van der Waals surface area contributed by atoms with E-state index in [9.17, 15) is 0 Å². The lowest BCUT2D eigenvalue weighted by molar-refractivity contribution is 0.834. The minimum Gasteiger partial charge on any atom is -0.356 e. The summed E-state index contributed by atoms with van der Waals surface area (Å²) >= 11 is 0. The van der Waals surface area contributed by atoms with E-state index in [1.54, 1.807) is 0 Å². The number of rotatable bonds is 2. The molecule has 0 fully saturated rings. The molecule has 2 N–H and O–H groups in total. The third kappa shape index (κ3) is 1.64. The van der Waals surface area contributed by atoms with Gasteiger partial charge < -0.3 is 9.97 Å². The Morgan fingerprint density at radius 1 is 0.722 bits per heavy atom. The van der Waals surface area contributed by atoms with Crippen LogP contribution < -0.4 is 0 Å². The van der Waals surface area contributed by atoms with Crippen molar-refractivity contribution in [1.29, 1.82) is 0 Å². The van der Waals surface area contributed by atoms with Gasteiger partial charge in [-0.2, -0.15) is 0 Å². The van der Waals surface area contributed by atoms with Crippen LogP contribution in [0.3, 0.4) is 0 Å². The molecular formula is C16H20N2. The summed E-state index contributed by atoms with van der Waals surface area (Å²) in [5.74, 6) is 1.07. The van der Waals surface area contributed by atoms with Crippen LogP contribution in [0.4, 0.5) is 0 Å². The van der Waals surface area contributed by atoms with Gasteiger partial charge in [0.2, 0.25) is 0 Å². The summed E-state index contributed by atoms with van der Waals surface area (Å²) in [5.41, 5.74) is 5.09. The Hall–Kier alpha value is -1.70. The lowest BCUT2D eigenvalue weighted by Gasteiger charge is -1.99. The SMILES string of the molecule is CC(C)c1cc2ccc3cc(C(C)C)[nH]c3c2[nH]1. The highest BCUT2D eigenvalue weighted by molar-refractivity contribution is 6.04.